The average molecular weight is 303 g/mol. The molecule has 7 heteroatoms. The van der Waals surface area contributed by atoms with Gasteiger partial charge in [-0.3, -0.25) is 4.90 Å². The maximum atomic E-state index is 12.4. The number of nitrogens with zero attached hydrogens (tertiary/aromatic N) is 1. The molecule has 0 atom stereocenters. The Labute approximate surface area is 120 Å². The minimum Gasteiger partial charge on any atom is -0.480 e. The molecule has 1 aliphatic rings. The van der Waals surface area contributed by atoms with Crippen LogP contribution in [-0.4, -0.2) is 41.3 Å². The van der Waals surface area contributed by atoms with E-state index >= 15 is 0 Å². The number of rotatable bonds is 5. The van der Waals surface area contributed by atoms with E-state index in [4.69, 9.17) is 9.84 Å². The van der Waals surface area contributed by atoms with Crippen molar-refractivity contribution in [2.45, 2.75) is 25.2 Å². The second-order valence-corrected chi connectivity index (χ2v) is 5.47. The predicted molar refractivity (Wildman–Crippen MR) is 68.7 cm³/mol. The summed E-state index contributed by atoms with van der Waals surface area (Å²) in [5, 5.41) is 8.56. The first-order chi connectivity index (χ1) is 9.68. The Morgan fingerprint density at radius 3 is 2.38 bits per heavy atom. The van der Waals surface area contributed by atoms with Gasteiger partial charge in [0.25, 0.3) is 0 Å². The smallest absolute Gasteiger partial charge is 0.416 e. The summed E-state index contributed by atoms with van der Waals surface area (Å²) in [6, 6.07) is 5.04. The van der Waals surface area contributed by atoms with Crippen molar-refractivity contribution in [3.8, 4) is 0 Å². The van der Waals surface area contributed by atoms with Gasteiger partial charge in [0.05, 0.1) is 11.2 Å². The summed E-state index contributed by atoms with van der Waals surface area (Å²) in [6.07, 6.45) is -4.32. The summed E-state index contributed by atoms with van der Waals surface area (Å²) in [6.45, 7) is 3.11. The Morgan fingerprint density at radius 2 is 1.90 bits per heavy atom. The van der Waals surface area contributed by atoms with Gasteiger partial charge in [0, 0.05) is 19.6 Å². The van der Waals surface area contributed by atoms with Crippen molar-refractivity contribution in [3.05, 3.63) is 35.4 Å². The van der Waals surface area contributed by atoms with Crippen LogP contribution in [0.2, 0.25) is 0 Å². The number of halogens is 3. The van der Waals surface area contributed by atoms with Gasteiger partial charge in [0.15, 0.2) is 0 Å². The Morgan fingerprint density at radius 1 is 1.33 bits per heavy atom. The normalized spacial score (nSPS) is 18.3. The minimum atomic E-state index is -4.32. The van der Waals surface area contributed by atoms with Crippen molar-refractivity contribution >= 4 is 5.97 Å². The summed E-state index contributed by atoms with van der Waals surface area (Å²) in [4.78, 5) is 12.4. The number of hydrogen-bond acceptors (Lipinski definition) is 3. The molecule has 0 aromatic heterocycles. The van der Waals surface area contributed by atoms with Crippen LogP contribution in [0.3, 0.4) is 0 Å². The van der Waals surface area contributed by atoms with Crippen LogP contribution in [0.15, 0.2) is 24.3 Å². The van der Waals surface area contributed by atoms with Crippen LogP contribution in [-0.2, 0) is 22.3 Å². The quantitative estimate of drug-likeness (QED) is 0.907. The van der Waals surface area contributed by atoms with Crippen LogP contribution in [0.25, 0.3) is 0 Å². The second-order valence-electron chi connectivity index (χ2n) is 5.47. The van der Waals surface area contributed by atoms with E-state index in [1.165, 1.54) is 12.1 Å². The number of carboxylic acids is 1. The van der Waals surface area contributed by atoms with Crippen molar-refractivity contribution in [1.82, 2.24) is 4.90 Å². The van der Waals surface area contributed by atoms with Crippen LogP contribution in [0, 0.1) is 0 Å². The second kappa shape index (κ2) is 5.65. The zero-order chi connectivity index (χ0) is 15.7. The number of ether oxygens (including phenoxy) is 1. The monoisotopic (exact) mass is 303 g/mol. The molecule has 1 fully saturated rings. The van der Waals surface area contributed by atoms with Gasteiger partial charge in [0.1, 0.15) is 6.61 Å². The molecule has 1 saturated heterocycles. The molecule has 0 spiro atoms. The molecular formula is C14H16F3NO3. The fourth-order valence-electron chi connectivity index (χ4n) is 2.40. The summed E-state index contributed by atoms with van der Waals surface area (Å²) in [5.74, 6) is -1.02. The molecule has 116 valence electrons. The van der Waals surface area contributed by atoms with E-state index in [1.54, 1.807) is 0 Å². The lowest BCUT2D eigenvalue weighted by Gasteiger charge is -2.47. The lowest BCUT2D eigenvalue weighted by atomic mass is 9.95. The van der Waals surface area contributed by atoms with Gasteiger partial charge in [-0.05, 0) is 24.6 Å². The highest BCUT2D eigenvalue weighted by molar-refractivity contribution is 5.68. The molecule has 0 aliphatic carbocycles. The molecular weight excluding hydrogens is 287 g/mol. The van der Waals surface area contributed by atoms with Gasteiger partial charge >= 0.3 is 12.1 Å². The predicted octanol–water partition coefficient (Wildman–Crippen LogP) is 2.38. The van der Waals surface area contributed by atoms with E-state index < -0.39 is 23.3 Å². The average Bonchev–Trinajstić information content (AvgIpc) is 2.34. The fourth-order valence-corrected chi connectivity index (χ4v) is 2.40. The molecule has 1 aromatic carbocycles. The molecule has 2 rings (SSSR count). The number of hydrogen-bond donors (Lipinski definition) is 1. The third-order valence-electron chi connectivity index (χ3n) is 3.35. The third-order valence-corrected chi connectivity index (χ3v) is 3.35. The van der Waals surface area contributed by atoms with Crippen LogP contribution in [0.5, 0.6) is 0 Å². The minimum absolute atomic E-state index is 0.343. The lowest BCUT2D eigenvalue weighted by molar-refractivity contribution is -0.165. The Balaban J connectivity index is 1.84. The summed E-state index contributed by atoms with van der Waals surface area (Å²) < 4.78 is 42.6. The van der Waals surface area contributed by atoms with E-state index in [2.05, 4.69) is 0 Å². The zero-order valence-corrected chi connectivity index (χ0v) is 11.5. The lowest BCUT2D eigenvalue weighted by Crippen LogP contribution is -2.61. The van der Waals surface area contributed by atoms with E-state index in [-0.39, 0.29) is 6.61 Å². The van der Waals surface area contributed by atoms with Crippen LogP contribution >= 0.6 is 0 Å². The number of carboxylic acid groups (broad SMARTS) is 1. The molecule has 0 amide bonds. The highest BCUT2D eigenvalue weighted by Crippen LogP contribution is 2.30. The van der Waals surface area contributed by atoms with Crippen LogP contribution < -0.4 is 0 Å². The van der Waals surface area contributed by atoms with Gasteiger partial charge in [-0.1, -0.05) is 12.1 Å². The molecule has 0 saturated carbocycles. The van der Waals surface area contributed by atoms with Crippen molar-refractivity contribution < 1.29 is 27.8 Å². The SMILES string of the molecule is CC1(OCC(=O)O)CN(Cc2ccc(C(F)(F)F)cc2)C1. The number of aliphatic carboxylic acids is 1. The van der Waals surface area contributed by atoms with Crippen molar-refractivity contribution in [2.24, 2.45) is 0 Å². The molecule has 0 bridgehead atoms. The number of carbonyl (C=O) groups is 1. The molecule has 21 heavy (non-hydrogen) atoms. The van der Waals surface area contributed by atoms with Gasteiger partial charge in [-0.15, -0.1) is 0 Å². The van der Waals surface area contributed by atoms with Crippen molar-refractivity contribution in [1.29, 1.82) is 0 Å². The van der Waals surface area contributed by atoms with Gasteiger partial charge in [-0.2, -0.15) is 13.2 Å². The summed E-state index contributed by atoms with van der Waals surface area (Å²) >= 11 is 0. The maximum absolute atomic E-state index is 12.4. The van der Waals surface area contributed by atoms with Crippen LogP contribution in [0.4, 0.5) is 13.2 Å². The summed E-state index contributed by atoms with van der Waals surface area (Å²) in [5.41, 5.74) is -0.377. The molecule has 1 heterocycles. The van der Waals surface area contributed by atoms with E-state index in [9.17, 15) is 18.0 Å². The first-order valence-corrected chi connectivity index (χ1v) is 6.42. The first-order valence-electron chi connectivity index (χ1n) is 6.42. The fraction of sp³-hybridized carbons (Fsp3) is 0.500. The highest BCUT2D eigenvalue weighted by Gasteiger charge is 2.40. The standard InChI is InChI=1S/C14H16F3NO3/c1-13(21-7-12(19)20)8-18(9-13)6-10-2-4-11(5-3-10)14(15,16)17/h2-5H,6-9H2,1H3,(H,19,20). The van der Waals surface area contributed by atoms with Gasteiger partial charge < -0.3 is 9.84 Å². The van der Waals surface area contributed by atoms with E-state index in [1.807, 2.05) is 11.8 Å². The largest absolute Gasteiger partial charge is 0.480 e. The molecule has 0 radical (unpaired) electrons. The molecule has 0 unspecified atom stereocenters. The zero-order valence-electron chi connectivity index (χ0n) is 11.5. The number of benzene rings is 1. The molecule has 1 aromatic rings. The van der Waals surface area contributed by atoms with Gasteiger partial charge in [0.2, 0.25) is 0 Å². The number of likely N-dealkylation sites (tertiary alicyclic amines) is 1. The Bertz CT molecular complexity index is 507. The van der Waals surface area contributed by atoms with Crippen LogP contribution in [0.1, 0.15) is 18.1 Å². The Hall–Kier alpha value is -1.60. The topological polar surface area (TPSA) is 49.8 Å². The highest BCUT2D eigenvalue weighted by atomic mass is 19.4. The maximum Gasteiger partial charge on any atom is 0.416 e. The number of alkyl halides is 3. The molecule has 1 N–H and O–H groups in total. The summed E-state index contributed by atoms with van der Waals surface area (Å²) in [7, 11) is 0. The van der Waals surface area contributed by atoms with E-state index in [0.717, 1.165) is 17.7 Å². The van der Waals surface area contributed by atoms with E-state index in [0.29, 0.717) is 19.6 Å². The van der Waals surface area contributed by atoms with Crippen molar-refractivity contribution in [3.63, 3.8) is 0 Å². The van der Waals surface area contributed by atoms with Gasteiger partial charge in [-0.25, -0.2) is 4.79 Å². The van der Waals surface area contributed by atoms with Crippen molar-refractivity contribution in [2.75, 3.05) is 19.7 Å². The molecule has 1 aliphatic heterocycles. The molecule has 4 nitrogen and oxygen atoms in total. The Kier molecular flexibility index (Phi) is 4.25. The first kappa shape index (κ1) is 15.8. The third kappa shape index (κ3) is 4.18.